The molecule has 1 fully saturated rings. The zero-order valence-corrected chi connectivity index (χ0v) is 21.6. The Morgan fingerprint density at radius 2 is 1.62 bits per heavy atom. The summed E-state index contributed by atoms with van der Waals surface area (Å²) in [6.07, 6.45) is -1.64. The number of amides is 2. The normalized spacial score (nSPS) is 18.6. The molecular formula is C22H27F3Li2N4O8+2. The average molecular weight is 546 g/mol. The van der Waals surface area contributed by atoms with Gasteiger partial charge in [-0.2, -0.15) is 0 Å². The van der Waals surface area contributed by atoms with Gasteiger partial charge in [-0.3, -0.25) is 24.5 Å². The summed E-state index contributed by atoms with van der Waals surface area (Å²) in [4.78, 5) is 60.0. The number of rotatable bonds is 12. The first kappa shape index (κ1) is 36.5. The van der Waals surface area contributed by atoms with Crippen LogP contribution in [-0.4, -0.2) is 86.7 Å². The number of nitrogens with zero attached hydrogens (tertiary/aromatic N) is 1. The molecule has 1 saturated heterocycles. The Kier molecular flexibility index (Phi) is 14.9. The predicted octanol–water partition coefficient (Wildman–Crippen LogP) is -6.55. The molecule has 39 heavy (non-hydrogen) atoms. The van der Waals surface area contributed by atoms with E-state index in [1.54, 1.807) is 0 Å². The van der Waals surface area contributed by atoms with Crippen molar-refractivity contribution in [3.05, 3.63) is 35.1 Å². The van der Waals surface area contributed by atoms with Crippen molar-refractivity contribution in [2.45, 2.75) is 62.8 Å². The third-order valence-electron chi connectivity index (χ3n) is 5.75. The number of carboxylic acid groups (broad SMARTS) is 3. The number of halogens is 3. The topological polar surface area (TPSA) is 199 Å². The molecule has 7 N–H and O–H groups in total. The molecule has 1 aromatic rings. The molecule has 0 bridgehead atoms. The van der Waals surface area contributed by atoms with E-state index in [1.165, 1.54) is 6.92 Å². The van der Waals surface area contributed by atoms with Gasteiger partial charge in [-0.15, -0.1) is 0 Å². The van der Waals surface area contributed by atoms with Crippen LogP contribution in [0, 0.1) is 17.5 Å². The summed E-state index contributed by atoms with van der Waals surface area (Å²) in [5, 5.41) is 32.4. The van der Waals surface area contributed by atoms with Gasteiger partial charge in [-0.1, -0.05) is 0 Å². The van der Waals surface area contributed by atoms with Gasteiger partial charge >= 0.3 is 55.6 Å². The number of carbonyl (C=O) groups is 5. The first-order chi connectivity index (χ1) is 17.2. The summed E-state index contributed by atoms with van der Waals surface area (Å²) in [6.45, 7) is 1.01. The molecule has 0 radical (unpaired) electrons. The third kappa shape index (κ3) is 10.5. The van der Waals surface area contributed by atoms with Gasteiger partial charge in [0.15, 0.2) is 11.6 Å². The van der Waals surface area contributed by atoms with Crippen molar-refractivity contribution in [1.29, 1.82) is 0 Å². The van der Waals surface area contributed by atoms with E-state index in [9.17, 15) is 42.3 Å². The quantitative estimate of drug-likeness (QED) is 0.108. The van der Waals surface area contributed by atoms with Gasteiger partial charge < -0.3 is 31.3 Å². The Bertz CT molecular complexity index is 1080. The second-order valence-electron chi connectivity index (χ2n) is 8.75. The summed E-state index contributed by atoms with van der Waals surface area (Å²) in [5.41, 5.74) is 5.60. The molecule has 2 rings (SSSR count). The van der Waals surface area contributed by atoms with Gasteiger partial charge in [0, 0.05) is 37.5 Å². The SMILES string of the molecule is C[C@H](N[C@@H](CC(=O)O)C(=O)O)C(=O)N1C[C@@H](NC(=O)C[C@H](N)Cc2cc(F)c(F)cc2F)C[C@H]1C(=O)O.[Li+].[Li+]. The summed E-state index contributed by atoms with van der Waals surface area (Å²) in [5.74, 6) is -9.44. The molecule has 5 atom stereocenters. The van der Waals surface area contributed by atoms with Crippen LogP contribution in [0.1, 0.15) is 31.7 Å². The van der Waals surface area contributed by atoms with Crippen LogP contribution in [0.3, 0.4) is 0 Å². The van der Waals surface area contributed by atoms with E-state index < -0.39 is 83.8 Å². The molecule has 17 heteroatoms. The Morgan fingerprint density at radius 3 is 2.15 bits per heavy atom. The van der Waals surface area contributed by atoms with E-state index in [0.717, 1.165) is 4.90 Å². The van der Waals surface area contributed by atoms with Crippen LogP contribution in [0.5, 0.6) is 0 Å². The molecule has 1 heterocycles. The number of benzene rings is 1. The maximum Gasteiger partial charge on any atom is 1.00 e. The van der Waals surface area contributed by atoms with Crippen molar-refractivity contribution in [3.63, 3.8) is 0 Å². The van der Waals surface area contributed by atoms with Gasteiger partial charge in [0.25, 0.3) is 0 Å². The number of likely N-dealkylation sites (tertiary alicyclic amines) is 1. The molecule has 1 aliphatic heterocycles. The average Bonchev–Trinajstić information content (AvgIpc) is 3.19. The second kappa shape index (κ2) is 15.9. The van der Waals surface area contributed by atoms with Gasteiger partial charge in [0.05, 0.1) is 12.5 Å². The van der Waals surface area contributed by atoms with Crippen molar-refractivity contribution in [2.24, 2.45) is 5.73 Å². The van der Waals surface area contributed by atoms with Crippen molar-refractivity contribution in [1.82, 2.24) is 15.5 Å². The Morgan fingerprint density at radius 1 is 1.03 bits per heavy atom. The number of carboxylic acids is 3. The first-order valence-corrected chi connectivity index (χ1v) is 11.1. The maximum absolute atomic E-state index is 13.8. The number of aliphatic carboxylic acids is 3. The van der Waals surface area contributed by atoms with Gasteiger partial charge in [0.2, 0.25) is 11.8 Å². The van der Waals surface area contributed by atoms with Crippen molar-refractivity contribution in [3.8, 4) is 0 Å². The van der Waals surface area contributed by atoms with E-state index >= 15 is 0 Å². The molecule has 0 unspecified atom stereocenters. The Balaban J connectivity index is 0.00000722. The minimum absolute atomic E-state index is 0. The smallest absolute Gasteiger partial charge is 0.481 e. The van der Waals surface area contributed by atoms with Crippen molar-refractivity contribution < 1.29 is 90.2 Å². The van der Waals surface area contributed by atoms with Crippen LogP contribution in [0.4, 0.5) is 13.2 Å². The number of hydrogen-bond acceptors (Lipinski definition) is 7. The number of nitrogens with one attached hydrogen (secondary N) is 2. The van der Waals surface area contributed by atoms with E-state index in [-0.39, 0.29) is 69.1 Å². The second-order valence-corrected chi connectivity index (χ2v) is 8.75. The molecule has 204 valence electrons. The fourth-order valence-corrected chi connectivity index (χ4v) is 4.03. The molecule has 2 amide bonds. The molecule has 0 aromatic heterocycles. The first-order valence-electron chi connectivity index (χ1n) is 11.1. The number of carbonyl (C=O) groups excluding carboxylic acids is 2. The summed E-state index contributed by atoms with van der Waals surface area (Å²) < 4.78 is 40.3. The maximum atomic E-state index is 13.8. The number of hydrogen-bond donors (Lipinski definition) is 6. The largest absolute Gasteiger partial charge is 1.00 e. The molecule has 1 aliphatic rings. The Labute approximate surface area is 245 Å². The van der Waals surface area contributed by atoms with Crippen molar-refractivity contribution >= 4 is 29.7 Å². The number of nitrogens with two attached hydrogens (primary N) is 1. The zero-order valence-electron chi connectivity index (χ0n) is 21.6. The summed E-state index contributed by atoms with van der Waals surface area (Å²) >= 11 is 0. The van der Waals surface area contributed by atoms with Crippen LogP contribution in [0.15, 0.2) is 12.1 Å². The fourth-order valence-electron chi connectivity index (χ4n) is 4.03. The van der Waals surface area contributed by atoms with E-state index in [2.05, 4.69) is 10.6 Å². The van der Waals surface area contributed by atoms with Crippen LogP contribution >= 0.6 is 0 Å². The predicted molar refractivity (Wildman–Crippen MR) is 119 cm³/mol. The zero-order chi connectivity index (χ0) is 28.0. The minimum Gasteiger partial charge on any atom is -0.481 e. The van der Waals surface area contributed by atoms with E-state index in [4.69, 9.17) is 15.9 Å². The Hall–Kier alpha value is -2.53. The fraction of sp³-hybridized carbons (Fsp3) is 0.500. The molecule has 0 spiro atoms. The van der Waals surface area contributed by atoms with Crippen LogP contribution in [0.25, 0.3) is 0 Å². The summed E-state index contributed by atoms with van der Waals surface area (Å²) in [6, 6.07) is -5.00. The molecular weight excluding hydrogens is 519 g/mol. The van der Waals surface area contributed by atoms with Gasteiger partial charge in [-0.25, -0.2) is 18.0 Å². The standard InChI is InChI=1S/C22H27F3N4O8.2Li/c1-9(27-16(21(34)35)7-19(31)32)20(33)29-8-12(5-17(29)22(36)37)28-18(30)4-11(26)2-10-3-14(24)15(25)6-13(10)23;;/h3,6,9,11-12,16-17,27H,2,4-5,7-8,26H2,1H3,(H,28,30)(H,31,32)(H,34,35)(H,36,37);;/q;2*+1/t9-,11+,12-,16-,17-;;/m0../s1. The molecule has 0 saturated carbocycles. The van der Waals surface area contributed by atoms with Crippen LogP contribution in [-0.2, 0) is 30.4 Å². The molecule has 0 aliphatic carbocycles. The monoisotopic (exact) mass is 546 g/mol. The molecule has 1 aromatic carbocycles. The minimum atomic E-state index is -1.60. The van der Waals surface area contributed by atoms with Crippen molar-refractivity contribution in [2.75, 3.05) is 6.54 Å². The van der Waals surface area contributed by atoms with E-state index in [1.807, 2.05) is 0 Å². The van der Waals surface area contributed by atoms with Gasteiger partial charge in [-0.05, 0) is 25.0 Å². The van der Waals surface area contributed by atoms with Gasteiger partial charge in [0.1, 0.15) is 17.9 Å². The third-order valence-corrected chi connectivity index (χ3v) is 5.75. The van der Waals surface area contributed by atoms with Crippen LogP contribution < -0.4 is 54.1 Å². The van der Waals surface area contributed by atoms with E-state index in [0.29, 0.717) is 12.1 Å². The van der Waals surface area contributed by atoms with Crippen LogP contribution in [0.2, 0.25) is 0 Å². The summed E-state index contributed by atoms with van der Waals surface area (Å²) in [7, 11) is 0. The molecule has 12 nitrogen and oxygen atoms in total.